The average Bonchev–Trinajstić information content (AvgIpc) is 2.89. The molecule has 8 nitrogen and oxygen atoms in total. The number of amides is 1. The normalized spacial score (nSPS) is 21.0. The number of nitrogens with zero attached hydrogens (tertiary/aromatic N) is 2. The summed E-state index contributed by atoms with van der Waals surface area (Å²) in [4.78, 5) is 15.8. The number of nitrogens with one attached hydrogen (secondary N) is 1. The van der Waals surface area contributed by atoms with Crippen LogP contribution in [0, 0.1) is 5.92 Å². The van der Waals surface area contributed by atoms with Gasteiger partial charge in [0, 0.05) is 32.7 Å². The largest absolute Gasteiger partial charge is 0.497 e. The predicted molar refractivity (Wildman–Crippen MR) is 129 cm³/mol. The molecule has 2 heterocycles. The van der Waals surface area contributed by atoms with Gasteiger partial charge in [-0.2, -0.15) is 4.31 Å². The second-order valence-electron chi connectivity index (χ2n) is 8.76. The fourth-order valence-electron chi connectivity index (χ4n) is 4.52. The molecule has 2 aromatic rings. The molecule has 184 valence electrons. The van der Waals surface area contributed by atoms with Crippen molar-refractivity contribution >= 4 is 15.9 Å². The summed E-state index contributed by atoms with van der Waals surface area (Å²) in [6, 6.07) is 16.1. The highest BCUT2D eigenvalue weighted by atomic mass is 32.2. The Morgan fingerprint density at radius 3 is 2.47 bits per heavy atom. The predicted octanol–water partition coefficient (Wildman–Crippen LogP) is 2.29. The van der Waals surface area contributed by atoms with Gasteiger partial charge in [-0.05, 0) is 42.7 Å². The van der Waals surface area contributed by atoms with E-state index in [1.165, 1.54) is 4.31 Å². The number of piperidine rings is 1. The number of hydrogen-bond donors (Lipinski definition) is 1. The molecule has 0 bridgehead atoms. The number of sulfonamides is 1. The van der Waals surface area contributed by atoms with Crippen LogP contribution in [0.3, 0.4) is 0 Å². The third-order valence-electron chi connectivity index (χ3n) is 6.52. The minimum atomic E-state index is -3.68. The molecule has 0 saturated carbocycles. The number of methoxy groups -OCH3 is 1. The first-order valence-corrected chi connectivity index (χ1v) is 13.2. The van der Waals surface area contributed by atoms with E-state index in [2.05, 4.69) is 10.2 Å². The van der Waals surface area contributed by atoms with Gasteiger partial charge >= 0.3 is 0 Å². The summed E-state index contributed by atoms with van der Waals surface area (Å²) in [7, 11) is -2.14. The lowest BCUT2D eigenvalue weighted by Crippen LogP contribution is -2.48. The Bertz CT molecular complexity index is 1040. The number of hydrogen-bond acceptors (Lipinski definition) is 6. The summed E-state index contributed by atoms with van der Waals surface area (Å²) < 4.78 is 38.4. The molecule has 0 spiro atoms. The first-order valence-electron chi connectivity index (χ1n) is 11.8. The standard InChI is InChI=1S/C25H33N3O5S/c1-32-22-9-11-23(12-10-22)34(30,31)28-13-5-8-21(18-28)25(29)26-24(20-6-3-2-4-7-20)19-27-14-16-33-17-15-27/h2-4,6-7,9-12,21,24H,5,8,13-19H2,1H3,(H,26,29)/t21-,24-/m0/s1. The summed E-state index contributed by atoms with van der Waals surface area (Å²) in [5.74, 6) is 0.108. The maximum Gasteiger partial charge on any atom is 0.243 e. The highest BCUT2D eigenvalue weighted by molar-refractivity contribution is 7.89. The van der Waals surface area contributed by atoms with E-state index in [0.717, 1.165) is 18.7 Å². The fraction of sp³-hybridized carbons (Fsp3) is 0.480. The van der Waals surface area contributed by atoms with E-state index < -0.39 is 15.9 Å². The Kier molecular flexibility index (Phi) is 8.20. The second-order valence-corrected chi connectivity index (χ2v) is 10.7. The first-order chi connectivity index (χ1) is 16.5. The molecule has 0 radical (unpaired) electrons. The number of rotatable bonds is 8. The van der Waals surface area contributed by atoms with Crippen LogP contribution in [-0.4, -0.2) is 76.6 Å². The van der Waals surface area contributed by atoms with Crippen LogP contribution in [0.2, 0.25) is 0 Å². The van der Waals surface area contributed by atoms with Gasteiger partial charge in [-0.3, -0.25) is 9.69 Å². The van der Waals surface area contributed by atoms with E-state index in [-0.39, 0.29) is 23.4 Å². The van der Waals surface area contributed by atoms with E-state index in [0.29, 0.717) is 44.9 Å². The van der Waals surface area contributed by atoms with Crippen LogP contribution in [0.4, 0.5) is 0 Å². The summed E-state index contributed by atoms with van der Waals surface area (Å²) in [6.07, 6.45) is 1.31. The molecule has 2 saturated heterocycles. The quantitative estimate of drug-likeness (QED) is 0.615. The molecular formula is C25H33N3O5S. The van der Waals surface area contributed by atoms with Crippen LogP contribution in [0.1, 0.15) is 24.4 Å². The molecule has 2 atom stereocenters. The third kappa shape index (κ3) is 5.96. The molecule has 9 heteroatoms. The summed E-state index contributed by atoms with van der Waals surface area (Å²) in [5.41, 5.74) is 1.04. The van der Waals surface area contributed by atoms with Gasteiger partial charge in [0.1, 0.15) is 5.75 Å². The van der Waals surface area contributed by atoms with Crippen molar-refractivity contribution in [3.8, 4) is 5.75 Å². The lowest BCUT2D eigenvalue weighted by atomic mass is 9.97. The van der Waals surface area contributed by atoms with Gasteiger partial charge in [0.05, 0.1) is 37.2 Å². The molecule has 4 rings (SSSR count). The van der Waals surface area contributed by atoms with Crippen molar-refractivity contribution in [1.29, 1.82) is 0 Å². The van der Waals surface area contributed by atoms with Crippen LogP contribution in [0.15, 0.2) is 59.5 Å². The number of carbonyl (C=O) groups is 1. The smallest absolute Gasteiger partial charge is 0.243 e. The van der Waals surface area contributed by atoms with E-state index in [1.54, 1.807) is 31.4 Å². The SMILES string of the molecule is COc1ccc(S(=O)(=O)N2CCC[C@H](C(=O)N[C@@H](CN3CCOCC3)c3ccccc3)C2)cc1. The van der Waals surface area contributed by atoms with Crippen molar-refractivity contribution in [2.45, 2.75) is 23.8 Å². The Morgan fingerprint density at radius 2 is 1.79 bits per heavy atom. The number of carbonyl (C=O) groups excluding carboxylic acids is 1. The van der Waals surface area contributed by atoms with Crippen molar-refractivity contribution in [3.63, 3.8) is 0 Å². The van der Waals surface area contributed by atoms with Crippen molar-refractivity contribution in [3.05, 3.63) is 60.2 Å². The van der Waals surface area contributed by atoms with Crippen LogP contribution in [0.5, 0.6) is 5.75 Å². The van der Waals surface area contributed by atoms with Gasteiger partial charge in [0.2, 0.25) is 15.9 Å². The molecule has 2 aliphatic heterocycles. The maximum atomic E-state index is 13.3. The van der Waals surface area contributed by atoms with Crippen LogP contribution in [-0.2, 0) is 19.6 Å². The number of benzene rings is 2. The van der Waals surface area contributed by atoms with Gasteiger partial charge < -0.3 is 14.8 Å². The highest BCUT2D eigenvalue weighted by Crippen LogP contribution is 2.26. The van der Waals surface area contributed by atoms with E-state index in [4.69, 9.17) is 9.47 Å². The Morgan fingerprint density at radius 1 is 1.09 bits per heavy atom. The number of morpholine rings is 1. The Hall–Kier alpha value is -2.46. The summed E-state index contributed by atoms with van der Waals surface area (Å²) in [6.45, 7) is 4.33. The van der Waals surface area contributed by atoms with E-state index in [9.17, 15) is 13.2 Å². The Balaban J connectivity index is 1.45. The molecule has 2 fully saturated rings. The second kappa shape index (κ2) is 11.3. The maximum absolute atomic E-state index is 13.3. The lowest BCUT2D eigenvalue weighted by molar-refractivity contribution is -0.127. The van der Waals surface area contributed by atoms with Crippen LogP contribution in [0.25, 0.3) is 0 Å². The molecule has 1 N–H and O–H groups in total. The first kappa shape index (κ1) is 24.7. The zero-order valence-electron chi connectivity index (χ0n) is 19.6. The van der Waals surface area contributed by atoms with E-state index in [1.807, 2.05) is 30.3 Å². The van der Waals surface area contributed by atoms with Crippen molar-refractivity contribution in [2.24, 2.45) is 5.92 Å². The van der Waals surface area contributed by atoms with Gasteiger partial charge in [-0.1, -0.05) is 30.3 Å². The molecule has 34 heavy (non-hydrogen) atoms. The van der Waals surface area contributed by atoms with Crippen LogP contribution >= 0.6 is 0 Å². The molecule has 0 unspecified atom stereocenters. The third-order valence-corrected chi connectivity index (χ3v) is 8.39. The van der Waals surface area contributed by atoms with Crippen molar-refractivity contribution in [2.75, 3.05) is 53.0 Å². The fourth-order valence-corrected chi connectivity index (χ4v) is 6.05. The molecule has 2 aromatic carbocycles. The summed E-state index contributed by atoms with van der Waals surface area (Å²) >= 11 is 0. The average molecular weight is 488 g/mol. The molecule has 1 amide bonds. The van der Waals surface area contributed by atoms with E-state index >= 15 is 0 Å². The molecule has 0 aliphatic carbocycles. The summed E-state index contributed by atoms with van der Waals surface area (Å²) in [5, 5.41) is 3.22. The minimum absolute atomic E-state index is 0.100. The number of ether oxygens (including phenoxy) is 2. The van der Waals surface area contributed by atoms with Crippen molar-refractivity contribution < 1.29 is 22.7 Å². The highest BCUT2D eigenvalue weighted by Gasteiger charge is 2.34. The zero-order valence-corrected chi connectivity index (χ0v) is 20.4. The van der Waals surface area contributed by atoms with Crippen molar-refractivity contribution in [1.82, 2.24) is 14.5 Å². The molecule has 0 aromatic heterocycles. The Labute approximate surface area is 201 Å². The van der Waals surface area contributed by atoms with Gasteiger partial charge in [-0.15, -0.1) is 0 Å². The van der Waals surface area contributed by atoms with Gasteiger partial charge in [0.15, 0.2) is 0 Å². The minimum Gasteiger partial charge on any atom is -0.497 e. The zero-order chi connectivity index (χ0) is 24.0. The lowest BCUT2D eigenvalue weighted by Gasteiger charge is -2.34. The monoisotopic (exact) mass is 487 g/mol. The van der Waals surface area contributed by atoms with Gasteiger partial charge in [0.25, 0.3) is 0 Å². The topological polar surface area (TPSA) is 88.2 Å². The van der Waals surface area contributed by atoms with Crippen LogP contribution < -0.4 is 10.1 Å². The molecular weight excluding hydrogens is 454 g/mol. The van der Waals surface area contributed by atoms with Gasteiger partial charge in [-0.25, -0.2) is 8.42 Å². The molecule has 2 aliphatic rings.